The molecule has 0 aromatic heterocycles. The molecule has 0 aromatic carbocycles. The SMILES string of the molecule is COC(OC)C(C)(CN)N1CCSC(C)C1. The topological polar surface area (TPSA) is 47.7 Å². The summed E-state index contributed by atoms with van der Waals surface area (Å²) < 4.78 is 10.8. The number of nitrogens with zero attached hydrogens (tertiary/aromatic N) is 1. The normalized spacial score (nSPS) is 27.0. The molecular formula is C11H24N2O2S. The van der Waals surface area contributed by atoms with Crippen molar-refractivity contribution < 1.29 is 9.47 Å². The van der Waals surface area contributed by atoms with Crippen molar-refractivity contribution in [1.29, 1.82) is 0 Å². The van der Waals surface area contributed by atoms with Gasteiger partial charge in [0.25, 0.3) is 0 Å². The van der Waals surface area contributed by atoms with Gasteiger partial charge in [0, 0.05) is 44.9 Å². The van der Waals surface area contributed by atoms with Gasteiger partial charge in [0.05, 0.1) is 5.54 Å². The third-order valence-electron chi connectivity index (χ3n) is 3.31. The zero-order chi connectivity index (χ0) is 12.2. The Hall–Kier alpha value is 0.190. The maximum atomic E-state index is 5.93. The van der Waals surface area contributed by atoms with Crippen LogP contribution < -0.4 is 5.73 Å². The molecule has 1 heterocycles. The van der Waals surface area contributed by atoms with Crippen molar-refractivity contribution in [3.63, 3.8) is 0 Å². The quantitative estimate of drug-likeness (QED) is 0.728. The summed E-state index contributed by atoms with van der Waals surface area (Å²) in [6.07, 6.45) is -0.271. The smallest absolute Gasteiger partial charge is 0.176 e. The average Bonchev–Trinajstić information content (AvgIpc) is 2.30. The molecule has 0 amide bonds. The Morgan fingerprint density at radius 2 is 2.12 bits per heavy atom. The second-order valence-corrected chi connectivity index (χ2v) is 6.04. The van der Waals surface area contributed by atoms with E-state index in [1.165, 1.54) is 0 Å². The Morgan fingerprint density at radius 3 is 2.56 bits per heavy atom. The molecule has 0 radical (unpaired) electrons. The Balaban J connectivity index is 2.76. The first-order chi connectivity index (χ1) is 7.58. The number of hydrogen-bond donors (Lipinski definition) is 1. The summed E-state index contributed by atoms with van der Waals surface area (Å²) in [7, 11) is 3.34. The van der Waals surface area contributed by atoms with Gasteiger partial charge in [-0.3, -0.25) is 4.90 Å². The van der Waals surface area contributed by atoms with Gasteiger partial charge in [0.1, 0.15) is 0 Å². The van der Waals surface area contributed by atoms with Crippen LogP contribution in [-0.2, 0) is 9.47 Å². The number of ether oxygens (including phenoxy) is 2. The van der Waals surface area contributed by atoms with E-state index in [4.69, 9.17) is 15.2 Å². The summed E-state index contributed by atoms with van der Waals surface area (Å²) >= 11 is 2.01. The minimum atomic E-state index is -0.271. The first-order valence-corrected chi connectivity index (χ1v) is 6.75. The van der Waals surface area contributed by atoms with Crippen molar-refractivity contribution in [2.75, 3.05) is 39.6 Å². The van der Waals surface area contributed by atoms with E-state index in [2.05, 4.69) is 18.7 Å². The fourth-order valence-electron chi connectivity index (χ4n) is 2.26. The molecule has 0 bridgehead atoms. The summed E-state index contributed by atoms with van der Waals surface area (Å²) in [5.74, 6) is 1.15. The molecule has 0 aliphatic carbocycles. The lowest BCUT2D eigenvalue weighted by molar-refractivity contribution is -0.180. The van der Waals surface area contributed by atoms with Crippen LogP contribution in [0.5, 0.6) is 0 Å². The van der Waals surface area contributed by atoms with E-state index in [1.807, 2.05) is 11.8 Å². The van der Waals surface area contributed by atoms with Crippen LogP contribution in [-0.4, -0.2) is 61.6 Å². The molecule has 1 fully saturated rings. The molecule has 5 heteroatoms. The van der Waals surface area contributed by atoms with Crippen LogP contribution in [0.15, 0.2) is 0 Å². The lowest BCUT2D eigenvalue weighted by Gasteiger charge is -2.47. The highest BCUT2D eigenvalue weighted by Crippen LogP contribution is 2.28. The van der Waals surface area contributed by atoms with E-state index >= 15 is 0 Å². The molecule has 4 nitrogen and oxygen atoms in total. The highest BCUT2D eigenvalue weighted by molar-refractivity contribution is 7.99. The van der Waals surface area contributed by atoms with Crippen molar-refractivity contribution in [1.82, 2.24) is 4.90 Å². The highest BCUT2D eigenvalue weighted by Gasteiger charge is 2.41. The maximum Gasteiger partial charge on any atom is 0.176 e. The minimum absolute atomic E-state index is 0.237. The van der Waals surface area contributed by atoms with Gasteiger partial charge >= 0.3 is 0 Å². The molecule has 0 saturated carbocycles. The van der Waals surface area contributed by atoms with Crippen LogP contribution in [0.4, 0.5) is 0 Å². The second-order valence-electron chi connectivity index (χ2n) is 4.49. The highest BCUT2D eigenvalue weighted by atomic mass is 32.2. The largest absolute Gasteiger partial charge is 0.354 e. The van der Waals surface area contributed by atoms with Crippen molar-refractivity contribution in [3.8, 4) is 0 Å². The van der Waals surface area contributed by atoms with Crippen molar-refractivity contribution >= 4 is 11.8 Å². The van der Waals surface area contributed by atoms with Gasteiger partial charge in [-0.05, 0) is 6.92 Å². The Bertz CT molecular complexity index is 214. The Kier molecular flexibility index (Phi) is 5.53. The van der Waals surface area contributed by atoms with E-state index in [0.717, 1.165) is 18.8 Å². The summed E-state index contributed by atoms with van der Waals surface area (Å²) in [5, 5.41) is 0.647. The molecule has 0 aromatic rings. The number of thioether (sulfide) groups is 1. The van der Waals surface area contributed by atoms with Crippen molar-refractivity contribution in [2.24, 2.45) is 5.73 Å². The van der Waals surface area contributed by atoms with E-state index in [-0.39, 0.29) is 11.8 Å². The molecule has 2 atom stereocenters. The van der Waals surface area contributed by atoms with Crippen LogP contribution in [0, 0.1) is 0 Å². The number of rotatable bonds is 5. The average molecular weight is 248 g/mol. The molecule has 1 aliphatic heterocycles. The monoisotopic (exact) mass is 248 g/mol. The first kappa shape index (κ1) is 14.3. The molecule has 0 spiro atoms. The van der Waals surface area contributed by atoms with Crippen LogP contribution >= 0.6 is 11.8 Å². The Morgan fingerprint density at radius 1 is 1.50 bits per heavy atom. The fraction of sp³-hybridized carbons (Fsp3) is 1.00. The summed E-state index contributed by atoms with van der Waals surface area (Å²) in [6.45, 7) is 7.00. The van der Waals surface area contributed by atoms with Gasteiger partial charge in [0.15, 0.2) is 6.29 Å². The molecule has 96 valence electrons. The zero-order valence-corrected chi connectivity index (χ0v) is 11.5. The molecule has 16 heavy (non-hydrogen) atoms. The summed E-state index contributed by atoms with van der Waals surface area (Å²) in [6, 6.07) is 0. The molecule has 1 rings (SSSR count). The van der Waals surface area contributed by atoms with E-state index < -0.39 is 0 Å². The number of methoxy groups -OCH3 is 2. The predicted molar refractivity (Wildman–Crippen MR) is 68.8 cm³/mol. The van der Waals surface area contributed by atoms with Gasteiger partial charge in [-0.2, -0.15) is 11.8 Å². The van der Waals surface area contributed by atoms with Crippen molar-refractivity contribution in [3.05, 3.63) is 0 Å². The molecule has 2 unspecified atom stereocenters. The van der Waals surface area contributed by atoms with Crippen LogP contribution in [0.3, 0.4) is 0 Å². The van der Waals surface area contributed by atoms with Gasteiger partial charge in [0.2, 0.25) is 0 Å². The van der Waals surface area contributed by atoms with Crippen LogP contribution in [0.2, 0.25) is 0 Å². The molecular weight excluding hydrogens is 224 g/mol. The lowest BCUT2D eigenvalue weighted by atomic mass is 9.98. The number of nitrogens with two attached hydrogens (primary N) is 1. The molecule has 2 N–H and O–H groups in total. The van der Waals surface area contributed by atoms with E-state index in [9.17, 15) is 0 Å². The summed E-state index contributed by atoms with van der Waals surface area (Å²) in [5.41, 5.74) is 5.69. The third-order valence-corrected chi connectivity index (χ3v) is 4.45. The Labute approximate surface area is 103 Å². The second kappa shape index (κ2) is 6.21. The predicted octanol–water partition coefficient (Wildman–Crippen LogP) is 0.760. The van der Waals surface area contributed by atoms with Gasteiger partial charge < -0.3 is 15.2 Å². The van der Waals surface area contributed by atoms with Crippen molar-refractivity contribution in [2.45, 2.75) is 30.9 Å². The van der Waals surface area contributed by atoms with E-state index in [0.29, 0.717) is 11.8 Å². The first-order valence-electron chi connectivity index (χ1n) is 5.70. The van der Waals surface area contributed by atoms with Crippen LogP contribution in [0.1, 0.15) is 13.8 Å². The third kappa shape index (κ3) is 2.90. The zero-order valence-electron chi connectivity index (χ0n) is 10.7. The standard InChI is InChI=1S/C11H24N2O2S/c1-9-7-13(5-6-16-9)11(2,8-12)10(14-3)15-4/h9-10H,5-8,12H2,1-4H3. The fourth-order valence-corrected chi connectivity index (χ4v) is 3.27. The molecule has 1 aliphatic rings. The maximum absolute atomic E-state index is 5.93. The number of hydrogen-bond acceptors (Lipinski definition) is 5. The van der Waals surface area contributed by atoms with Gasteiger partial charge in [-0.1, -0.05) is 6.92 Å². The van der Waals surface area contributed by atoms with Gasteiger partial charge in [-0.25, -0.2) is 0 Å². The van der Waals surface area contributed by atoms with Crippen LogP contribution in [0.25, 0.3) is 0 Å². The van der Waals surface area contributed by atoms with E-state index in [1.54, 1.807) is 14.2 Å². The van der Waals surface area contributed by atoms with Gasteiger partial charge in [-0.15, -0.1) is 0 Å². The summed E-state index contributed by atoms with van der Waals surface area (Å²) in [4.78, 5) is 2.39. The lowest BCUT2D eigenvalue weighted by Crippen LogP contribution is -2.63. The molecule has 1 saturated heterocycles. The minimum Gasteiger partial charge on any atom is -0.354 e.